The van der Waals surface area contributed by atoms with Crippen molar-refractivity contribution in [1.29, 1.82) is 0 Å². The number of aliphatic hydroxyl groups excluding tert-OH is 1. The van der Waals surface area contributed by atoms with E-state index in [2.05, 4.69) is 56.9 Å². The molecule has 0 saturated carbocycles. The number of hydrogen-bond acceptors (Lipinski definition) is 2. The van der Waals surface area contributed by atoms with Gasteiger partial charge in [-0.3, -0.25) is 4.90 Å². The van der Waals surface area contributed by atoms with Crippen LogP contribution in [0.15, 0.2) is 24.3 Å². The third-order valence-corrected chi connectivity index (χ3v) is 3.20. The number of hydrogen-bond donors (Lipinski definition) is 1. The molecule has 19 heavy (non-hydrogen) atoms. The van der Waals surface area contributed by atoms with Crippen molar-refractivity contribution in [2.75, 3.05) is 13.1 Å². The van der Waals surface area contributed by atoms with Crippen molar-refractivity contribution in [2.45, 2.75) is 53.2 Å². The number of aryl methyl sites for hydroxylation is 1. The second-order valence-corrected chi connectivity index (χ2v) is 6.02. The highest BCUT2D eigenvalue weighted by atomic mass is 16.3. The smallest absolute Gasteiger partial charge is 0.0667 e. The maximum absolute atomic E-state index is 10.0. The number of rotatable bonds is 8. The van der Waals surface area contributed by atoms with Crippen LogP contribution in [-0.4, -0.2) is 29.2 Å². The third kappa shape index (κ3) is 6.74. The summed E-state index contributed by atoms with van der Waals surface area (Å²) >= 11 is 0. The Morgan fingerprint density at radius 3 is 2.53 bits per heavy atom. The first-order valence-corrected chi connectivity index (χ1v) is 7.47. The summed E-state index contributed by atoms with van der Waals surface area (Å²) in [4.78, 5) is 2.37. The Kier molecular flexibility index (Phi) is 7.11. The third-order valence-electron chi connectivity index (χ3n) is 3.20. The molecule has 0 radical (unpaired) electrons. The van der Waals surface area contributed by atoms with Gasteiger partial charge in [0.15, 0.2) is 0 Å². The van der Waals surface area contributed by atoms with E-state index in [-0.39, 0.29) is 6.10 Å². The minimum absolute atomic E-state index is 0.200. The maximum atomic E-state index is 10.0. The van der Waals surface area contributed by atoms with Gasteiger partial charge in [0.1, 0.15) is 0 Å². The molecule has 0 aromatic heterocycles. The standard InChI is InChI=1S/C17H29NO/c1-5-7-17(19)13-18(11-14(2)3)12-16-9-6-8-15(4)10-16/h6,8-10,14,17,19H,5,7,11-13H2,1-4H3/t17-/m0/s1. The number of aliphatic hydroxyl groups is 1. The molecule has 1 N–H and O–H groups in total. The van der Waals surface area contributed by atoms with Gasteiger partial charge in [-0.25, -0.2) is 0 Å². The highest BCUT2D eigenvalue weighted by molar-refractivity contribution is 5.22. The van der Waals surface area contributed by atoms with Gasteiger partial charge in [-0.2, -0.15) is 0 Å². The monoisotopic (exact) mass is 263 g/mol. The Balaban J connectivity index is 2.63. The lowest BCUT2D eigenvalue weighted by atomic mass is 10.1. The van der Waals surface area contributed by atoms with Crippen molar-refractivity contribution in [1.82, 2.24) is 4.90 Å². The van der Waals surface area contributed by atoms with Crippen LogP contribution in [0.2, 0.25) is 0 Å². The summed E-state index contributed by atoms with van der Waals surface area (Å²) in [6, 6.07) is 8.65. The molecule has 1 aromatic carbocycles. The first-order valence-electron chi connectivity index (χ1n) is 7.47. The van der Waals surface area contributed by atoms with Crippen LogP contribution in [0, 0.1) is 12.8 Å². The van der Waals surface area contributed by atoms with E-state index in [1.54, 1.807) is 0 Å². The molecule has 0 aliphatic carbocycles. The molecule has 0 aliphatic heterocycles. The van der Waals surface area contributed by atoms with Gasteiger partial charge in [0, 0.05) is 19.6 Å². The molecule has 0 unspecified atom stereocenters. The molecule has 2 heteroatoms. The van der Waals surface area contributed by atoms with Gasteiger partial charge in [0.25, 0.3) is 0 Å². The molecule has 2 nitrogen and oxygen atoms in total. The zero-order valence-corrected chi connectivity index (χ0v) is 12.9. The number of nitrogens with zero attached hydrogens (tertiary/aromatic N) is 1. The molecular formula is C17H29NO. The lowest BCUT2D eigenvalue weighted by molar-refractivity contribution is 0.0944. The second kappa shape index (κ2) is 8.34. The van der Waals surface area contributed by atoms with Gasteiger partial charge < -0.3 is 5.11 Å². The van der Waals surface area contributed by atoms with Crippen LogP contribution < -0.4 is 0 Å². The molecule has 0 heterocycles. The topological polar surface area (TPSA) is 23.5 Å². The Hall–Kier alpha value is -0.860. The summed E-state index contributed by atoms with van der Waals surface area (Å²) in [5.41, 5.74) is 2.64. The highest BCUT2D eigenvalue weighted by Gasteiger charge is 2.13. The van der Waals surface area contributed by atoms with E-state index < -0.39 is 0 Å². The fourth-order valence-corrected chi connectivity index (χ4v) is 2.51. The largest absolute Gasteiger partial charge is 0.392 e. The molecule has 0 saturated heterocycles. The summed E-state index contributed by atoms with van der Waals surface area (Å²) in [5, 5.41) is 10.0. The molecule has 0 amide bonds. The van der Waals surface area contributed by atoms with Crippen LogP contribution in [0.4, 0.5) is 0 Å². The van der Waals surface area contributed by atoms with Crippen LogP contribution in [0.1, 0.15) is 44.7 Å². The molecule has 1 atom stereocenters. The van der Waals surface area contributed by atoms with Crippen molar-refractivity contribution in [3.63, 3.8) is 0 Å². The fourth-order valence-electron chi connectivity index (χ4n) is 2.51. The normalized spacial score (nSPS) is 13.2. The summed E-state index contributed by atoms with van der Waals surface area (Å²) in [5.74, 6) is 0.624. The van der Waals surface area contributed by atoms with Crippen LogP contribution in [-0.2, 0) is 6.54 Å². The summed E-state index contributed by atoms with van der Waals surface area (Å²) in [7, 11) is 0. The minimum atomic E-state index is -0.200. The quantitative estimate of drug-likeness (QED) is 0.774. The maximum Gasteiger partial charge on any atom is 0.0667 e. The molecule has 0 aliphatic rings. The molecule has 1 aromatic rings. The minimum Gasteiger partial charge on any atom is -0.392 e. The molecule has 1 rings (SSSR count). The van der Waals surface area contributed by atoms with E-state index in [4.69, 9.17) is 0 Å². The van der Waals surface area contributed by atoms with E-state index in [0.29, 0.717) is 5.92 Å². The van der Waals surface area contributed by atoms with Gasteiger partial charge in [-0.1, -0.05) is 57.0 Å². The Bertz CT molecular complexity index is 362. The summed E-state index contributed by atoms with van der Waals surface area (Å²) < 4.78 is 0. The first-order chi connectivity index (χ1) is 9.01. The van der Waals surface area contributed by atoms with Crippen molar-refractivity contribution < 1.29 is 5.11 Å². The summed E-state index contributed by atoms with van der Waals surface area (Å²) in [6.07, 6.45) is 1.73. The SMILES string of the molecule is CCC[C@H](O)CN(Cc1cccc(C)c1)CC(C)C. The predicted molar refractivity (Wildman–Crippen MR) is 82.2 cm³/mol. The van der Waals surface area contributed by atoms with E-state index in [1.165, 1.54) is 11.1 Å². The Labute approximate surface area is 118 Å². The van der Waals surface area contributed by atoms with E-state index in [1.807, 2.05) is 0 Å². The summed E-state index contributed by atoms with van der Waals surface area (Å²) in [6.45, 7) is 11.5. The lowest BCUT2D eigenvalue weighted by Crippen LogP contribution is -2.34. The molecule has 0 fully saturated rings. The Morgan fingerprint density at radius 2 is 1.95 bits per heavy atom. The average molecular weight is 263 g/mol. The first kappa shape index (κ1) is 16.2. The van der Waals surface area contributed by atoms with Gasteiger partial charge in [-0.05, 0) is 24.8 Å². The van der Waals surface area contributed by atoms with Crippen LogP contribution in [0.25, 0.3) is 0 Å². The lowest BCUT2D eigenvalue weighted by Gasteiger charge is -2.27. The van der Waals surface area contributed by atoms with Gasteiger partial charge >= 0.3 is 0 Å². The van der Waals surface area contributed by atoms with Gasteiger partial charge in [0.05, 0.1) is 6.10 Å². The average Bonchev–Trinajstić information content (AvgIpc) is 2.27. The second-order valence-electron chi connectivity index (χ2n) is 6.02. The van der Waals surface area contributed by atoms with Gasteiger partial charge in [0.2, 0.25) is 0 Å². The Morgan fingerprint density at radius 1 is 1.21 bits per heavy atom. The van der Waals surface area contributed by atoms with E-state index >= 15 is 0 Å². The van der Waals surface area contributed by atoms with E-state index in [9.17, 15) is 5.11 Å². The molecule has 108 valence electrons. The van der Waals surface area contributed by atoms with Crippen LogP contribution in [0.5, 0.6) is 0 Å². The predicted octanol–water partition coefficient (Wildman–Crippen LogP) is 3.61. The highest BCUT2D eigenvalue weighted by Crippen LogP contribution is 2.11. The van der Waals surface area contributed by atoms with Crippen LogP contribution >= 0.6 is 0 Å². The van der Waals surface area contributed by atoms with Crippen molar-refractivity contribution in [2.24, 2.45) is 5.92 Å². The zero-order chi connectivity index (χ0) is 14.3. The van der Waals surface area contributed by atoms with Gasteiger partial charge in [-0.15, -0.1) is 0 Å². The van der Waals surface area contributed by atoms with Crippen molar-refractivity contribution >= 4 is 0 Å². The van der Waals surface area contributed by atoms with E-state index in [0.717, 1.165) is 32.5 Å². The van der Waals surface area contributed by atoms with Crippen molar-refractivity contribution in [3.8, 4) is 0 Å². The van der Waals surface area contributed by atoms with Crippen molar-refractivity contribution in [3.05, 3.63) is 35.4 Å². The molecule has 0 bridgehead atoms. The molecular weight excluding hydrogens is 234 g/mol. The number of benzene rings is 1. The fraction of sp³-hybridized carbons (Fsp3) is 0.647. The molecule has 0 spiro atoms. The zero-order valence-electron chi connectivity index (χ0n) is 12.9. The van der Waals surface area contributed by atoms with Crippen LogP contribution in [0.3, 0.4) is 0 Å².